The molecule has 2 aromatic rings. The number of rotatable bonds is 7. The zero-order valence-corrected chi connectivity index (χ0v) is 17.4. The second-order valence-corrected chi connectivity index (χ2v) is 13.7. The molecule has 0 fully saturated rings. The van der Waals surface area contributed by atoms with Gasteiger partial charge in [-0.25, -0.2) is 23.1 Å². The third-order valence-corrected chi connectivity index (χ3v) is 6.01. The predicted octanol–water partition coefficient (Wildman–Crippen LogP) is 2.78. The van der Waals surface area contributed by atoms with Gasteiger partial charge in [0.25, 0.3) is 0 Å². The second-order valence-electron chi connectivity index (χ2n) is 6.33. The molecule has 0 radical (unpaired) electrons. The van der Waals surface area contributed by atoms with Crippen molar-refractivity contribution in [2.75, 3.05) is 37.4 Å². The van der Waals surface area contributed by atoms with Crippen LogP contribution in [0, 0.1) is 0 Å². The van der Waals surface area contributed by atoms with Crippen molar-refractivity contribution in [3.8, 4) is 11.4 Å². The molecule has 2 rings (SSSR count). The molecule has 24 heavy (non-hydrogen) atoms. The molecule has 0 saturated heterocycles. The highest BCUT2D eigenvalue weighted by Crippen LogP contribution is 2.33. The average molecular weight is 436 g/mol. The molecule has 1 aromatic carbocycles. The molecule has 0 aliphatic heterocycles. The number of sulfone groups is 1. The van der Waals surface area contributed by atoms with Crippen LogP contribution in [-0.2, 0) is 21.3 Å². The predicted molar refractivity (Wildman–Crippen MR) is 102 cm³/mol. The van der Waals surface area contributed by atoms with Gasteiger partial charge in [0.05, 0.1) is 6.61 Å². The largest absolute Gasteiger partial charge is 0.358 e. The van der Waals surface area contributed by atoms with Gasteiger partial charge < -0.3 is 4.74 Å². The Morgan fingerprint density at radius 2 is 1.75 bits per heavy atom. The topological polar surface area (TPSA) is 74.1 Å². The summed E-state index contributed by atoms with van der Waals surface area (Å²) in [6.45, 7) is 0.636. The van der Waals surface area contributed by atoms with E-state index < -0.39 is 19.9 Å². The Balaban J connectivity index is 2.21. The van der Waals surface area contributed by atoms with Gasteiger partial charge in [-0.1, -0.05) is 28.1 Å². The average Bonchev–Trinajstić information content (AvgIpc) is 2.88. The van der Waals surface area contributed by atoms with Crippen LogP contribution in [0.15, 0.2) is 33.9 Å². The van der Waals surface area contributed by atoms with Crippen molar-refractivity contribution in [3.63, 3.8) is 0 Å². The van der Waals surface area contributed by atoms with Crippen LogP contribution >= 0.6 is 26.0 Å². The Bertz CT molecular complexity index is 796. The summed E-state index contributed by atoms with van der Waals surface area (Å²) in [6.07, 6.45) is 7.75. The minimum absolute atomic E-state index is 0.0709. The maximum Gasteiger partial charge on any atom is 0.248 e. The van der Waals surface area contributed by atoms with E-state index in [0.717, 1.165) is 22.0 Å². The molecular formula is C15H22BrN3O3S2. The first-order chi connectivity index (χ1) is 11.1. The lowest BCUT2D eigenvalue weighted by Crippen LogP contribution is -2.15. The van der Waals surface area contributed by atoms with Crippen molar-refractivity contribution < 1.29 is 13.2 Å². The number of halogens is 1. The minimum Gasteiger partial charge on any atom is -0.358 e. The standard InChI is InChI=1S/C15H22BrN3O3S2/c1-23(2,3)10-9-22-11-19-15(24(4,20)21)17-14(18-19)12-5-7-13(16)8-6-12/h5-8H,9-11H2,1-4H3. The van der Waals surface area contributed by atoms with Crippen LogP contribution in [0.2, 0.25) is 0 Å². The monoisotopic (exact) mass is 435 g/mol. The normalized spacial score (nSPS) is 13.2. The van der Waals surface area contributed by atoms with Gasteiger partial charge in [-0.3, -0.25) is 0 Å². The Labute approximate surface area is 153 Å². The molecule has 9 heteroatoms. The molecule has 0 spiro atoms. The van der Waals surface area contributed by atoms with E-state index in [0.29, 0.717) is 12.4 Å². The van der Waals surface area contributed by atoms with E-state index in [9.17, 15) is 8.42 Å². The SMILES string of the molecule is CS(C)(C)CCOCn1nc(-c2ccc(Br)cc2)nc1S(C)(=O)=O. The zero-order chi connectivity index (χ0) is 18.0. The number of hydrogen-bond donors (Lipinski definition) is 0. The number of benzene rings is 1. The smallest absolute Gasteiger partial charge is 0.248 e. The summed E-state index contributed by atoms with van der Waals surface area (Å²) in [4.78, 5) is 4.18. The lowest BCUT2D eigenvalue weighted by atomic mass is 10.2. The third-order valence-electron chi connectivity index (χ3n) is 3.13. The quantitative estimate of drug-likeness (QED) is 0.624. The van der Waals surface area contributed by atoms with Gasteiger partial charge in [0.2, 0.25) is 15.0 Å². The molecule has 0 N–H and O–H groups in total. The van der Waals surface area contributed by atoms with E-state index in [1.165, 1.54) is 4.68 Å². The molecule has 0 amide bonds. The molecule has 0 atom stereocenters. The highest BCUT2D eigenvalue weighted by molar-refractivity contribution is 9.10. The third kappa shape index (κ3) is 5.58. The molecule has 6 nitrogen and oxygen atoms in total. The Hall–Kier alpha value is -0.900. The summed E-state index contributed by atoms with van der Waals surface area (Å²) >= 11 is 3.37. The first kappa shape index (κ1) is 19.4. The van der Waals surface area contributed by atoms with Gasteiger partial charge >= 0.3 is 0 Å². The van der Waals surface area contributed by atoms with E-state index in [2.05, 4.69) is 44.8 Å². The summed E-state index contributed by atoms with van der Waals surface area (Å²) in [5.41, 5.74) is 0.751. The van der Waals surface area contributed by atoms with Crippen molar-refractivity contribution in [2.45, 2.75) is 11.9 Å². The molecule has 0 bridgehead atoms. The summed E-state index contributed by atoms with van der Waals surface area (Å²) in [7, 11) is -4.14. The zero-order valence-electron chi connectivity index (χ0n) is 14.2. The van der Waals surface area contributed by atoms with Gasteiger partial charge in [-0.2, -0.15) is 4.98 Å². The summed E-state index contributed by atoms with van der Waals surface area (Å²) in [6, 6.07) is 7.39. The van der Waals surface area contributed by atoms with E-state index in [4.69, 9.17) is 4.74 Å². The van der Waals surface area contributed by atoms with Crippen LogP contribution in [0.25, 0.3) is 11.4 Å². The number of nitrogens with zero attached hydrogens (tertiary/aromatic N) is 3. The first-order valence-corrected chi connectivity index (χ1v) is 12.9. The Morgan fingerprint density at radius 1 is 1.12 bits per heavy atom. The van der Waals surface area contributed by atoms with Crippen molar-refractivity contribution in [1.29, 1.82) is 0 Å². The molecular weight excluding hydrogens is 414 g/mol. The van der Waals surface area contributed by atoms with E-state index in [1.54, 1.807) is 0 Å². The maximum atomic E-state index is 12.0. The molecule has 0 aliphatic rings. The lowest BCUT2D eigenvalue weighted by Gasteiger charge is -2.24. The molecule has 0 saturated carbocycles. The molecule has 1 aromatic heterocycles. The van der Waals surface area contributed by atoms with Gasteiger partial charge in [0.1, 0.15) is 6.73 Å². The van der Waals surface area contributed by atoms with Gasteiger partial charge in [0, 0.05) is 22.0 Å². The van der Waals surface area contributed by atoms with Crippen molar-refractivity contribution in [2.24, 2.45) is 0 Å². The molecule has 1 heterocycles. The van der Waals surface area contributed by atoms with Crippen LogP contribution in [0.1, 0.15) is 0 Å². The molecule has 134 valence electrons. The second kappa shape index (κ2) is 7.55. The fourth-order valence-electron chi connectivity index (χ4n) is 1.87. The van der Waals surface area contributed by atoms with Gasteiger partial charge in [-0.05, 0) is 30.9 Å². The van der Waals surface area contributed by atoms with E-state index in [1.807, 2.05) is 24.3 Å². The van der Waals surface area contributed by atoms with Crippen LogP contribution in [0.3, 0.4) is 0 Å². The van der Waals surface area contributed by atoms with E-state index >= 15 is 0 Å². The summed E-state index contributed by atoms with van der Waals surface area (Å²) < 4.78 is 31.8. The van der Waals surface area contributed by atoms with E-state index in [-0.39, 0.29) is 11.9 Å². The Kier molecular flexibility index (Phi) is 6.11. The van der Waals surface area contributed by atoms with Crippen LogP contribution in [0.5, 0.6) is 0 Å². The number of hydrogen-bond acceptors (Lipinski definition) is 5. The lowest BCUT2D eigenvalue weighted by molar-refractivity contribution is 0.0738. The van der Waals surface area contributed by atoms with Gasteiger partial charge in [0.15, 0.2) is 5.82 Å². The van der Waals surface area contributed by atoms with Crippen LogP contribution in [-0.4, -0.2) is 60.6 Å². The summed E-state index contributed by atoms with van der Waals surface area (Å²) in [5.74, 6) is 1.32. The van der Waals surface area contributed by atoms with Crippen molar-refractivity contribution in [1.82, 2.24) is 14.8 Å². The molecule has 0 aliphatic carbocycles. The van der Waals surface area contributed by atoms with Crippen molar-refractivity contribution >= 4 is 35.8 Å². The number of ether oxygens (including phenoxy) is 1. The fraction of sp³-hybridized carbons (Fsp3) is 0.467. The minimum atomic E-state index is -3.49. The first-order valence-electron chi connectivity index (χ1n) is 7.21. The highest BCUT2D eigenvalue weighted by Gasteiger charge is 2.20. The van der Waals surface area contributed by atoms with Crippen LogP contribution < -0.4 is 0 Å². The van der Waals surface area contributed by atoms with Crippen molar-refractivity contribution in [3.05, 3.63) is 28.7 Å². The van der Waals surface area contributed by atoms with Gasteiger partial charge in [-0.15, -0.1) is 5.10 Å². The number of aromatic nitrogens is 3. The van der Waals surface area contributed by atoms with Crippen LogP contribution in [0.4, 0.5) is 0 Å². The summed E-state index contributed by atoms with van der Waals surface area (Å²) in [5, 5.41) is 4.22. The Morgan fingerprint density at radius 3 is 2.29 bits per heavy atom. The maximum absolute atomic E-state index is 12.0. The molecule has 0 unspecified atom stereocenters. The highest BCUT2D eigenvalue weighted by atomic mass is 79.9. The fourth-order valence-corrected chi connectivity index (χ4v) is 3.48.